The summed E-state index contributed by atoms with van der Waals surface area (Å²) in [5, 5.41) is 12.0. The largest absolute Gasteiger partial charge is 0.497 e. The van der Waals surface area contributed by atoms with Crippen molar-refractivity contribution >= 4 is 28.5 Å². The number of aliphatic hydroxyl groups is 1. The minimum absolute atomic E-state index is 0. The van der Waals surface area contributed by atoms with E-state index < -0.39 is 5.72 Å². The highest BCUT2D eigenvalue weighted by atomic mass is 79.9. The molecule has 0 radical (unpaired) electrons. The molecule has 0 amide bonds. The molecule has 1 unspecified atom stereocenters. The number of hydrogen-bond donors (Lipinski definition) is 1. The Bertz CT molecular complexity index is 916. The molecule has 0 aliphatic carbocycles. The molecule has 2 aromatic rings. The zero-order valence-electron chi connectivity index (χ0n) is 17.8. The summed E-state index contributed by atoms with van der Waals surface area (Å²) >= 11 is 0. The van der Waals surface area contributed by atoms with Gasteiger partial charge in [-0.25, -0.2) is 0 Å². The monoisotopic (exact) mass is 477 g/mol. The minimum atomic E-state index is -1.19. The molecule has 2 aliphatic heterocycles. The number of ether oxygens (including phenoxy) is 3. The maximum Gasteiger partial charge on any atom is 0.275 e. The molecule has 162 valence electrons. The van der Waals surface area contributed by atoms with E-state index in [0.29, 0.717) is 18.0 Å². The van der Waals surface area contributed by atoms with Crippen molar-refractivity contribution in [1.82, 2.24) is 0 Å². The van der Waals surface area contributed by atoms with Crippen LogP contribution in [-0.2, 0) is 5.72 Å². The normalized spacial score (nSPS) is 20.9. The SMILES string of the molecule is Br.COc1ccc(N2C3=[N+](CCCCC3)CC2(O)c2ccc(OC)c(OC)c2)cc1. The van der Waals surface area contributed by atoms with Gasteiger partial charge in [-0.3, -0.25) is 4.58 Å². The molecular formula is C23H30BrN2O4+. The molecule has 0 saturated heterocycles. The van der Waals surface area contributed by atoms with Crippen molar-refractivity contribution in [3.05, 3.63) is 48.0 Å². The van der Waals surface area contributed by atoms with E-state index in [9.17, 15) is 5.11 Å². The maximum absolute atomic E-state index is 12.0. The molecule has 0 fully saturated rings. The number of amidine groups is 1. The molecule has 1 atom stereocenters. The van der Waals surface area contributed by atoms with Crippen LogP contribution in [-0.4, -0.2) is 49.9 Å². The first-order chi connectivity index (χ1) is 14.1. The molecule has 1 N–H and O–H groups in total. The molecule has 0 saturated carbocycles. The highest BCUT2D eigenvalue weighted by molar-refractivity contribution is 8.93. The first-order valence-corrected chi connectivity index (χ1v) is 10.1. The molecule has 0 spiro atoms. The molecule has 2 aromatic carbocycles. The Hall–Kier alpha value is -2.25. The molecule has 6 nitrogen and oxygen atoms in total. The quantitative estimate of drug-likeness (QED) is 0.660. The second kappa shape index (κ2) is 9.27. The van der Waals surface area contributed by atoms with Crippen LogP contribution in [0, 0.1) is 0 Å². The number of benzene rings is 2. The fraction of sp³-hybridized carbons (Fsp3) is 0.435. The molecule has 2 aliphatic rings. The summed E-state index contributed by atoms with van der Waals surface area (Å²) < 4.78 is 18.5. The summed E-state index contributed by atoms with van der Waals surface area (Å²) in [4.78, 5) is 2.08. The van der Waals surface area contributed by atoms with Crippen molar-refractivity contribution in [2.75, 3.05) is 39.3 Å². The second-order valence-corrected chi connectivity index (χ2v) is 7.57. The number of anilines is 1. The van der Waals surface area contributed by atoms with Crippen molar-refractivity contribution in [1.29, 1.82) is 0 Å². The average Bonchev–Trinajstić information content (AvgIpc) is 2.89. The van der Waals surface area contributed by atoms with E-state index in [2.05, 4.69) is 9.48 Å². The van der Waals surface area contributed by atoms with Gasteiger partial charge < -0.3 is 19.3 Å². The molecule has 0 aromatic heterocycles. The van der Waals surface area contributed by atoms with Gasteiger partial charge in [-0.15, -0.1) is 17.0 Å². The van der Waals surface area contributed by atoms with E-state index in [0.717, 1.165) is 42.8 Å². The van der Waals surface area contributed by atoms with Crippen molar-refractivity contribution in [2.45, 2.75) is 31.4 Å². The van der Waals surface area contributed by atoms with Crippen LogP contribution < -0.4 is 19.1 Å². The summed E-state index contributed by atoms with van der Waals surface area (Å²) in [6, 6.07) is 13.5. The van der Waals surface area contributed by atoms with Crippen LogP contribution >= 0.6 is 17.0 Å². The van der Waals surface area contributed by atoms with Gasteiger partial charge >= 0.3 is 0 Å². The standard InChI is InChI=1S/C23H29N2O4.BrH/c1-27-19-11-9-18(10-12-19)25-22-7-5-4-6-14-24(22)16-23(25,26)17-8-13-20(28-2)21(15-17)29-3;/h8-13,15,26H,4-7,14,16H2,1-3H3;1H/q+1;. The first kappa shape index (κ1) is 22.4. The van der Waals surface area contributed by atoms with Crippen molar-refractivity contribution in [3.8, 4) is 17.2 Å². The van der Waals surface area contributed by atoms with Gasteiger partial charge in [0, 0.05) is 12.0 Å². The topological polar surface area (TPSA) is 54.2 Å². The maximum atomic E-state index is 12.0. The van der Waals surface area contributed by atoms with E-state index in [1.807, 2.05) is 42.5 Å². The molecule has 4 rings (SSSR count). The molecule has 30 heavy (non-hydrogen) atoms. The van der Waals surface area contributed by atoms with Crippen LogP contribution in [0.15, 0.2) is 42.5 Å². The lowest BCUT2D eigenvalue weighted by atomic mass is 9.99. The Labute approximate surface area is 188 Å². The fourth-order valence-corrected chi connectivity index (χ4v) is 4.42. The summed E-state index contributed by atoms with van der Waals surface area (Å²) in [7, 11) is 4.89. The highest BCUT2D eigenvalue weighted by Gasteiger charge is 2.54. The summed E-state index contributed by atoms with van der Waals surface area (Å²) in [6.45, 7) is 1.47. The lowest BCUT2D eigenvalue weighted by Crippen LogP contribution is -2.47. The minimum Gasteiger partial charge on any atom is -0.497 e. The third-order valence-electron chi connectivity index (χ3n) is 5.91. The van der Waals surface area contributed by atoms with Crippen LogP contribution in [0.1, 0.15) is 31.2 Å². The Morgan fingerprint density at radius 1 is 0.900 bits per heavy atom. The van der Waals surface area contributed by atoms with Gasteiger partial charge in [0.1, 0.15) is 11.4 Å². The second-order valence-electron chi connectivity index (χ2n) is 7.57. The molecular weight excluding hydrogens is 448 g/mol. The van der Waals surface area contributed by atoms with Gasteiger partial charge in [-0.05, 0) is 61.7 Å². The van der Waals surface area contributed by atoms with Crippen molar-refractivity contribution < 1.29 is 23.9 Å². The van der Waals surface area contributed by atoms with E-state index in [1.54, 1.807) is 21.3 Å². The lowest BCUT2D eigenvalue weighted by Gasteiger charge is -2.29. The Morgan fingerprint density at radius 2 is 1.63 bits per heavy atom. The van der Waals surface area contributed by atoms with Gasteiger partial charge in [0.15, 0.2) is 18.0 Å². The van der Waals surface area contributed by atoms with Crippen LogP contribution in [0.4, 0.5) is 5.69 Å². The number of halogens is 1. The number of hydrogen-bond acceptors (Lipinski definition) is 5. The van der Waals surface area contributed by atoms with Crippen LogP contribution in [0.25, 0.3) is 0 Å². The number of methoxy groups -OCH3 is 3. The predicted octanol–water partition coefficient (Wildman–Crippen LogP) is 3.94. The van der Waals surface area contributed by atoms with E-state index >= 15 is 0 Å². The zero-order chi connectivity index (χ0) is 20.4. The summed E-state index contributed by atoms with van der Waals surface area (Å²) in [5.74, 6) is 3.23. The van der Waals surface area contributed by atoms with Crippen LogP contribution in [0.5, 0.6) is 17.2 Å². The van der Waals surface area contributed by atoms with Crippen molar-refractivity contribution in [3.63, 3.8) is 0 Å². The summed E-state index contributed by atoms with van der Waals surface area (Å²) in [5.41, 5.74) is 0.537. The van der Waals surface area contributed by atoms with E-state index in [1.165, 1.54) is 12.3 Å². The van der Waals surface area contributed by atoms with Gasteiger partial charge in [0.25, 0.3) is 11.6 Å². The van der Waals surface area contributed by atoms with Gasteiger partial charge in [0.05, 0.1) is 27.9 Å². The smallest absolute Gasteiger partial charge is 0.275 e. The van der Waals surface area contributed by atoms with E-state index in [4.69, 9.17) is 14.2 Å². The average molecular weight is 478 g/mol. The van der Waals surface area contributed by atoms with Crippen molar-refractivity contribution in [2.24, 2.45) is 0 Å². The highest BCUT2D eigenvalue weighted by Crippen LogP contribution is 2.41. The van der Waals surface area contributed by atoms with Crippen LogP contribution in [0.3, 0.4) is 0 Å². The fourth-order valence-electron chi connectivity index (χ4n) is 4.42. The zero-order valence-corrected chi connectivity index (χ0v) is 19.5. The van der Waals surface area contributed by atoms with Gasteiger partial charge in [-0.1, -0.05) is 0 Å². The number of nitrogens with zero attached hydrogens (tertiary/aromatic N) is 2. The molecule has 7 heteroatoms. The van der Waals surface area contributed by atoms with Gasteiger partial charge in [0.2, 0.25) is 0 Å². The molecule has 0 bridgehead atoms. The summed E-state index contributed by atoms with van der Waals surface area (Å²) in [6.07, 6.45) is 4.43. The van der Waals surface area contributed by atoms with Crippen LogP contribution in [0.2, 0.25) is 0 Å². The van der Waals surface area contributed by atoms with Gasteiger partial charge in [-0.2, -0.15) is 4.90 Å². The lowest BCUT2D eigenvalue weighted by molar-refractivity contribution is -0.534. The third kappa shape index (κ3) is 3.88. The predicted molar refractivity (Wildman–Crippen MR) is 123 cm³/mol. The Kier molecular flexibility index (Phi) is 6.93. The third-order valence-corrected chi connectivity index (χ3v) is 5.91. The Balaban J connectivity index is 0.00000256. The van der Waals surface area contributed by atoms with E-state index in [-0.39, 0.29) is 17.0 Å². The first-order valence-electron chi connectivity index (χ1n) is 10.1. The molecule has 2 heterocycles. The number of rotatable bonds is 5. The Morgan fingerprint density at radius 3 is 2.30 bits per heavy atom.